The van der Waals surface area contributed by atoms with Crippen LogP contribution in [0.2, 0.25) is 0 Å². The monoisotopic (exact) mass is 219 g/mol. The molecule has 2 aromatic rings. The zero-order chi connectivity index (χ0) is 11.7. The number of rotatable bonds is 1. The maximum atomic E-state index is 12.9. The Hall–Kier alpha value is -2.30. The summed E-state index contributed by atoms with van der Waals surface area (Å²) in [4.78, 5) is 14.1. The number of hydrogen-bond donors (Lipinski definition) is 3. The molecule has 0 saturated carbocycles. The lowest BCUT2D eigenvalue weighted by molar-refractivity contribution is 0.629. The lowest BCUT2D eigenvalue weighted by atomic mass is 10.1. The molecule has 0 saturated heterocycles. The number of nitrogens with one attached hydrogen (secondary N) is 1. The Morgan fingerprint density at radius 1 is 1.38 bits per heavy atom. The van der Waals surface area contributed by atoms with Crippen molar-refractivity contribution >= 4 is 16.6 Å². The van der Waals surface area contributed by atoms with E-state index in [1.807, 2.05) is 0 Å². The summed E-state index contributed by atoms with van der Waals surface area (Å²) in [6.07, 6.45) is 1.15. The summed E-state index contributed by atoms with van der Waals surface area (Å²) >= 11 is 0. The van der Waals surface area contributed by atoms with Gasteiger partial charge in [0.05, 0.1) is 16.8 Å². The molecule has 0 aliphatic heterocycles. The van der Waals surface area contributed by atoms with Crippen molar-refractivity contribution in [3.05, 3.63) is 52.2 Å². The number of pyridine rings is 1. The Morgan fingerprint density at radius 2 is 2.12 bits per heavy atom. The van der Waals surface area contributed by atoms with Crippen LogP contribution in [0.15, 0.2) is 35.3 Å². The standard InChI is InChI=1S/C11H10FN3O/c12-7-2-1-6-3-8(9(14)5-13)11(16)15-10(6)4-7/h1-5H,13-14H2,(H,15,16)/b9-5-. The van der Waals surface area contributed by atoms with Crippen LogP contribution in [0.1, 0.15) is 5.56 Å². The summed E-state index contributed by atoms with van der Waals surface area (Å²) in [5, 5.41) is 0.695. The molecule has 1 aromatic heterocycles. The first kappa shape index (κ1) is 10.2. The van der Waals surface area contributed by atoms with Gasteiger partial charge in [0.25, 0.3) is 5.56 Å². The molecule has 1 aromatic carbocycles. The highest BCUT2D eigenvalue weighted by Gasteiger charge is 2.05. The molecule has 0 spiro atoms. The topological polar surface area (TPSA) is 84.9 Å². The van der Waals surface area contributed by atoms with Crippen LogP contribution >= 0.6 is 0 Å². The van der Waals surface area contributed by atoms with E-state index in [0.29, 0.717) is 10.9 Å². The second-order valence-corrected chi connectivity index (χ2v) is 3.37. The third-order valence-corrected chi connectivity index (χ3v) is 2.30. The minimum Gasteiger partial charge on any atom is -0.403 e. The van der Waals surface area contributed by atoms with Gasteiger partial charge in [-0.1, -0.05) is 0 Å². The van der Waals surface area contributed by atoms with Gasteiger partial charge in [0.1, 0.15) is 5.82 Å². The van der Waals surface area contributed by atoms with Gasteiger partial charge in [0, 0.05) is 6.20 Å². The Bertz CT molecular complexity index is 631. The highest BCUT2D eigenvalue weighted by atomic mass is 19.1. The van der Waals surface area contributed by atoms with Crippen LogP contribution < -0.4 is 17.0 Å². The van der Waals surface area contributed by atoms with Gasteiger partial charge < -0.3 is 16.5 Å². The van der Waals surface area contributed by atoms with Gasteiger partial charge >= 0.3 is 0 Å². The van der Waals surface area contributed by atoms with Crippen LogP contribution in [-0.4, -0.2) is 4.98 Å². The van der Waals surface area contributed by atoms with E-state index in [-0.39, 0.29) is 11.3 Å². The largest absolute Gasteiger partial charge is 0.403 e. The van der Waals surface area contributed by atoms with Crippen molar-refractivity contribution in [2.75, 3.05) is 0 Å². The summed E-state index contributed by atoms with van der Waals surface area (Å²) < 4.78 is 12.9. The average Bonchev–Trinajstić information content (AvgIpc) is 2.27. The lowest BCUT2D eigenvalue weighted by Gasteiger charge is -2.02. The Labute approximate surface area is 90.4 Å². The molecule has 5 heteroatoms. The summed E-state index contributed by atoms with van der Waals surface area (Å²) in [7, 11) is 0. The number of nitrogens with two attached hydrogens (primary N) is 2. The van der Waals surface area contributed by atoms with E-state index in [0.717, 1.165) is 6.20 Å². The first-order valence-electron chi connectivity index (χ1n) is 4.62. The van der Waals surface area contributed by atoms with Gasteiger partial charge in [0.2, 0.25) is 0 Å². The van der Waals surface area contributed by atoms with Crippen molar-refractivity contribution in [3.8, 4) is 0 Å². The Kier molecular flexibility index (Phi) is 2.36. The molecule has 0 fully saturated rings. The fourth-order valence-corrected chi connectivity index (χ4v) is 1.48. The number of aromatic nitrogens is 1. The maximum Gasteiger partial charge on any atom is 0.257 e. The van der Waals surface area contributed by atoms with Crippen molar-refractivity contribution < 1.29 is 4.39 Å². The fourth-order valence-electron chi connectivity index (χ4n) is 1.48. The van der Waals surface area contributed by atoms with Crippen molar-refractivity contribution in [3.63, 3.8) is 0 Å². The van der Waals surface area contributed by atoms with Crippen LogP contribution in [0.3, 0.4) is 0 Å². The smallest absolute Gasteiger partial charge is 0.257 e. The Morgan fingerprint density at radius 3 is 2.81 bits per heavy atom. The van der Waals surface area contributed by atoms with E-state index < -0.39 is 11.4 Å². The van der Waals surface area contributed by atoms with Gasteiger partial charge in [-0.3, -0.25) is 4.79 Å². The number of hydrogen-bond acceptors (Lipinski definition) is 3. The SMILES string of the molecule is N/C=C(\N)c1cc2ccc(F)cc2[nH]c1=O. The van der Waals surface area contributed by atoms with Gasteiger partial charge in [-0.15, -0.1) is 0 Å². The van der Waals surface area contributed by atoms with Crippen LogP contribution in [0, 0.1) is 5.82 Å². The van der Waals surface area contributed by atoms with Gasteiger partial charge in [0.15, 0.2) is 0 Å². The van der Waals surface area contributed by atoms with Crippen LogP contribution in [0.4, 0.5) is 4.39 Å². The number of benzene rings is 1. The minimum atomic E-state index is -0.404. The molecule has 0 bridgehead atoms. The molecule has 0 atom stereocenters. The van der Waals surface area contributed by atoms with E-state index in [1.54, 1.807) is 12.1 Å². The first-order chi connectivity index (χ1) is 7.61. The molecule has 82 valence electrons. The van der Waals surface area contributed by atoms with Crippen molar-refractivity contribution in [1.29, 1.82) is 0 Å². The van der Waals surface area contributed by atoms with Gasteiger partial charge in [-0.05, 0) is 29.7 Å². The van der Waals surface area contributed by atoms with Gasteiger partial charge in [-0.25, -0.2) is 4.39 Å². The van der Waals surface area contributed by atoms with E-state index in [4.69, 9.17) is 11.5 Å². The van der Waals surface area contributed by atoms with Crippen LogP contribution in [-0.2, 0) is 0 Å². The molecule has 0 unspecified atom stereocenters. The van der Waals surface area contributed by atoms with Crippen LogP contribution in [0.25, 0.3) is 16.6 Å². The average molecular weight is 219 g/mol. The van der Waals surface area contributed by atoms with E-state index >= 15 is 0 Å². The number of aromatic amines is 1. The molecule has 16 heavy (non-hydrogen) atoms. The third kappa shape index (κ3) is 1.63. The second kappa shape index (κ2) is 3.69. The molecular weight excluding hydrogens is 209 g/mol. The lowest BCUT2D eigenvalue weighted by Crippen LogP contribution is -2.15. The quantitative estimate of drug-likeness (QED) is 0.665. The zero-order valence-corrected chi connectivity index (χ0v) is 8.33. The van der Waals surface area contributed by atoms with Gasteiger partial charge in [-0.2, -0.15) is 0 Å². The maximum absolute atomic E-state index is 12.9. The molecule has 0 aliphatic rings. The first-order valence-corrected chi connectivity index (χ1v) is 4.62. The molecule has 0 aliphatic carbocycles. The predicted molar refractivity (Wildman–Crippen MR) is 60.9 cm³/mol. The molecular formula is C11H10FN3O. The summed E-state index contributed by atoms with van der Waals surface area (Å²) in [6.45, 7) is 0. The summed E-state index contributed by atoms with van der Waals surface area (Å²) in [6, 6.07) is 5.70. The summed E-state index contributed by atoms with van der Waals surface area (Å²) in [5.74, 6) is -0.404. The second-order valence-electron chi connectivity index (χ2n) is 3.37. The number of halogens is 1. The molecule has 1 heterocycles. The van der Waals surface area contributed by atoms with Crippen molar-refractivity contribution in [2.24, 2.45) is 11.5 Å². The van der Waals surface area contributed by atoms with Crippen molar-refractivity contribution in [1.82, 2.24) is 4.98 Å². The summed E-state index contributed by atoms with van der Waals surface area (Å²) in [5.41, 5.74) is 11.3. The highest BCUT2D eigenvalue weighted by molar-refractivity contribution is 5.82. The predicted octanol–water partition coefficient (Wildman–Crippen LogP) is 0.883. The van der Waals surface area contributed by atoms with E-state index in [2.05, 4.69) is 4.98 Å². The highest BCUT2D eigenvalue weighted by Crippen LogP contribution is 2.14. The van der Waals surface area contributed by atoms with Crippen LogP contribution in [0.5, 0.6) is 0 Å². The fraction of sp³-hybridized carbons (Fsp3) is 0. The van der Waals surface area contributed by atoms with E-state index in [9.17, 15) is 9.18 Å². The molecule has 2 rings (SSSR count). The Balaban J connectivity index is 2.77. The van der Waals surface area contributed by atoms with Crippen molar-refractivity contribution in [2.45, 2.75) is 0 Å². The normalized spacial score (nSPS) is 11.9. The molecule has 0 amide bonds. The molecule has 5 N–H and O–H groups in total. The third-order valence-electron chi connectivity index (χ3n) is 2.30. The molecule has 4 nitrogen and oxygen atoms in total. The zero-order valence-electron chi connectivity index (χ0n) is 8.33. The number of fused-ring (bicyclic) bond motifs is 1. The number of H-pyrrole nitrogens is 1. The minimum absolute atomic E-state index is 0.187. The van der Waals surface area contributed by atoms with E-state index in [1.165, 1.54) is 12.1 Å². The molecule has 0 radical (unpaired) electrons.